The van der Waals surface area contributed by atoms with Gasteiger partial charge in [-0.25, -0.2) is 14.8 Å². The number of nitrogens with zero attached hydrogens (tertiary/aromatic N) is 3. The van der Waals surface area contributed by atoms with Crippen LogP contribution in [0.3, 0.4) is 0 Å². The van der Waals surface area contributed by atoms with E-state index >= 15 is 0 Å². The number of carbonyl (C=O) groups is 2. The van der Waals surface area contributed by atoms with Crippen LogP contribution >= 0.6 is 0 Å². The summed E-state index contributed by atoms with van der Waals surface area (Å²) in [7, 11) is 3.12. The summed E-state index contributed by atoms with van der Waals surface area (Å²) < 4.78 is 1.41. The number of carboxylic acid groups (broad SMARTS) is 1. The molecule has 10 heteroatoms. The predicted octanol–water partition coefficient (Wildman–Crippen LogP) is 1.72. The van der Waals surface area contributed by atoms with E-state index in [1.54, 1.807) is 31.4 Å². The summed E-state index contributed by atoms with van der Waals surface area (Å²) in [5.74, 6) is -0.725. The zero-order valence-electron chi connectivity index (χ0n) is 15.6. The second-order valence-electron chi connectivity index (χ2n) is 6.02. The van der Waals surface area contributed by atoms with Crippen molar-refractivity contribution in [1.82, 2.24) is 19.9 Å². The Morgan fingerprint density at radius 3 is 2.45 bits per heavy atom. The van der Waals surface area contributed by atoms with Crippen LogP contribution in [0.1, 0.15) is 20.7 Å². The Morgan fingerprint density at radius 1 is 1.03 bits per heavy atom. The van der Waals surface area contributed by atoms with E-state index in [1.165, 1.54) is 36.1 Å². The SMILES string of the molecule is CNC(=O)c1cnc(Nc2ccc(C(=O)O)cn2)cc1Nc1cccn(C)c1=O. The van der Waals surface area contributed by atoms with Crippen LogP contribution in [0.15, 0.2) is 53.7 Å². The standard InChI is InChI=1S/C19H18N6O4/c1-20-17(26)12-10-22-16(24-15-6-5-11(9-21-15)19(28)29)8-14(12)23-13-4-3-7-25(2)18(13)27/h3-10H,1-2H3,(H,20,26)(H,28,29)(H2,21,22,23,24). The lowest BCUT2D eigenvalue weighted by atomic mass is 10.2. The van der Waals surface area contributed by atoms with Crippen molar-refractivity contribution in [2.75, 3.05) is 17.7 Å². The second-order valence-corrected chi connectivity index (χ2v) is 6.02. The molecule has 1 amide bonds. The number of hydrogen-bond acceptors (Lipinski definition) is 7. The van der Waals surface area contributed by atoms with Crippen LogP contribution in [0.2, 0.25) is 0 Å². The molecule has 0 aliphatic rings. The van der Waals surface area contributed by atoms with Crippen molar-refractivity contribution in [2.24, 2.45) is 7.05 Å². The minimum Gasteiger partial charge on any atom is -0.478 e. The number of amides is 1. The first-order valence-corrected chi connectivity index (χ1v) is 8.50. The van der Waals surface area contributed by atoms with Crippen LogP contribution < -0.4 is 21.5 Å². The molecule has 3 rings (SSSR count). The monoisotopic (exact) mass is 394 g/mol. The van der Waals surface area contributed by atoms with Crippen LogP contribution in [0.25, 0.3) is 0 Å². The maximum absolute atomic E-state index is 12.3. The van der Waals surface area contributed by atoms with Gasteiger partial charge in [0.25, 0.3) is 11.5 Å². The molecule has 0 bridgehead atoms. The van der Waals surface area contributed by atoms with Gasteiger partial charge in [-0.05, 0) is 24.3 Å². The first-order valence-electron chi connectivity index (χ1n) is 8.50. The second kappa shape index (κ2) is 8.21. The lowest BCUT2D eigenvalue weighted by molar-refractivity contribution is 0.0696. The number of pyridine rings is 3. The van der Waals surface area contributed by atoms with Gasteiger partial charge < -0.3 is 25.6 Å². The van der Waals surface area contributed by atoms with E-state index in [1.807, 2.05) is 0 Å². The Balaban J connectivity index is 1.95. The first-order chi connectivity index (χ1) is 13.9. The fraction of sp³-hybridized carbons (Fsp3) is 0.105. The van der Waals surface area contributed by atoms with Gasteiger partial charge in [-0.2, -0.15) is 0 Å². The van der Waals surface area contributed by atoms with Crippen molar-refractivity contribution in [1.29, 1.82) is 0 Å². The third kappa shape index (κ3) is 4.38. The summed E-state index contributed by atoms with van der Waals surface area (Å²) in [5, 5.41) is 17.4. The van der Waals surface area contributed by atoms with Gasteiger partial charge in [0.15, 0.2) is 0 Å². The fourth-order valence-electron chi connectivity index (χ4n) is 2.51. The summed E-state index contributed by atoms with van der Waals surface area (Å²) in [4.78, 5) is 43.6. The molecule has 3 heterocycles. The Kier molecular flexibility index (Phi) is 5.54. The molecule has 3 aromatic rings. The quantitative estimate of drug-likeness (QED) is 0.496. The van der Waals surface area contributed by atoms with Crippen molar-refractivity contribution in [2.45, 2.75) is 0 Å². The molecule has 0 spiro atoms. The van der Waals surface area contributed by atoms with Gasteiger partial charge in [0.2, 0.25) is 0 Å². The summed E-state index contributed by atoms with van der Waals surface area (Å²) in [6.45, 7) is 0. The first kappa shape index (κ1) is 19.5. The van der Waals surface area contributed by atoms with E-state index in [0.717, 1.165) is 0 Å². The van der Waals surface area contributed by atoms with Gasteiger partial charge in [0.1, 0.15) is 17.3 Å². The van der Waals surface area contributed by atoms with Gasteiger partial charge in [-0.1, -0.05) is 0 Å². The molecule has 0 aliphatic heterocycles. The van der Waals surface area contributed by atoms with Crippen LogP contribution in [-0.4, -0.2) is 38.6 Å². The van der Waals surface area contributed by atoms with E-state index in [2.05, 4.69) is 25.9 Å². The Bertz CT molecular complexity index is 1120. The molecule has 0 aliphatic carbocycles. The summed E-state index contributed by atoms with van der Waals surface area (Å²) >= 11 is 0. The van der Waals surface area contributed by atoms with Gasteiger partial charge in [0.05, 0.1) is 16.8 Å². The highest BCUT2D eigenvalue weighted by Crippen LogP contribution is 2.23. The molecule has 0 saturated carbocycles. The van der Waals surface area contributed by atoms with Gasteiger partial charge in [-0.15, -0.1) is 0 Å². The number of carboxylic acids is 1. The van der Waals surface area contributed by atoms with Crippen molar-refractivity contribution in [3.8, 4) is 0 Å². The number of nitrogens with one attached hydrogen (secondary N) is 3. The molecule has 148 valence electrons. The molecule has 0 fully saturated rings. The van der Waals surface area contributed by atoms with E-state index in [0.29, 0.717) is 23.0 Å². The number of aromatic carboxylic acids is 1. The molecule has 4 N–H and O–H groups in total. The zero-order chi connectivity index (χ0) is 21.0. The molecular formula is C19H18N6O4. The Hall–Kier alpha value is -4.21. The molecule has 29 heavy (non-hydrogen) atoms. The lowest BCUT2D eigenvalue weighted by Gasteiger charge is -2.13. The molecule has 0 aromatic carbocycles. The number of aromatic nitrogens is 3. The van der Waals surface area contributed by atoms with Gasteiger partial charge in [0, 0.05) is 38.8 Å². The zero-order valence-corrected chi connectivity index (χ0v) is 15.6. The van der Waals surface area contributed by atoms with E-state index in [4.69, 9.17) is 5.11 Å². The van der Waals surface area contributed by atoms with Crippen molar-refractivity contribution < 1.29 is 14.7 Å². The van der Waals surface area contributed by atoms with Gasteiger partial charge in [-0.3, -0.25) is 9.59 Å². The van der Waals surface area contributed by atoms with Crippen LogP contribution in [0, 0.1) is 0 Å². The molecule has 0 saturated heterocycles. The highest BCUT2D eigenvalue weighted by molar-refractivity contribution is 6.00. The number of hydrogen-bond donors (Lipinski definition) is 4. The minimum atomic E-state index is -1.08. The van der Waals surface area contributed by atoms with Crippen LogP contribution in [0.4, 0.5) is 23.0 Å². The van der Waals surface area contributed by atoms with E-state index < -0.39 is 5.97 Å². The Morgan fingerprint density at radius 2 is 1.79 bits per heavy atom. The summed E-state index contributed by atoms with van der Waals surface area (Å²) in [6.07, 6.45) is 4.21. The third-order valence-electron chi connectivity index (χ3n) is 4.03. The number of aryl methyl sites for hydroxylation is 1. The predicted molar refractivity (Wildman–Crippen MR) is 107 cm³/mol. The Labute approximate surface area is 165 Å². The summed E-state index contributed by atoms with van der Waals surface area (Å²) in [6, 6.07) is 7.78. The maximum Gasteiger partial charge on any atom is 0.337 e. The molecule has 10 nitrogen and oxygen atoms in total. The van der Waals surface area contributed by atoms with Crippen LogP contribution in [0.5, 0.6) is 0 Å². The molecular weight excluding hydrogens is 376 g/mol. The fourth-order valence-corrected chi connectivity index (χ4v) is 2.51. The lowest BCUT2D eigenvalue weighted by Crippen LogP contribution is -2.22. The van der Waals surface area contributed by atoms with Crippen LogP contribution in [-0.2, 0) is 7.05 Å². The van der Waals surface area contributed by atoms with Crippen molar-refractivity contribution >= 4 is 34.9 Å². The highest BCUT2D eigenvalue weighted by atomic mass is 16.4. The topological polar surface area (TPSA) is 138 Å². The molecule has 0 unspecified atom stereocenters. The van der Waals surface area contributed by atoms with Gasteiger partial charge >= 0.3 is 5.97 Å². The molecule has 3 aromatic heterocycles. The number of carbonyl (C=O) groups excluding carboxylic acids is 1. The number of rotatable bonds is 6. The average Bonchev–Trinajstić information content (AvgIpc) is 2.71. The molecule has 0 radical (unpaired) electrons. The normalized spacial score (nSPS) is 10.3. The van der Waals surface area contributed by atoms with E-state index in [-0.39, 0.29) is 22.6 Å². The smallest absolute Gasteiger partial charge is 0.337 e. The highest BCUT2D eigenvalue weighted by Gasteiger charge is 2.14. The maximum atomic E-state index is 12.3. The van der Waals surface area contributed by atoms with Crippen molar-refractivity contribution in [3.05, 3.63) is 70.4 Å². The summed E-state index contributed by atoms with van der Waals surface area (Å²) in [5.41, 5.74) is 0.708. The molecule has 0 atom stereocenters. The minimum absolute atomic E-state index is 0.0563. The third-order valence-corrected chi connectivity index (χ3v) is 4.03. The number of anilines is 4. The van der Waals surface area contributed by atoms with E-state index in [9.17, 15) is 14.4 Å². The average molecular weight is 394 g/mol. The largest absolute Gasteiger partial charge is 0.478 e. The van der Waals surface area contributed by atoms with Crippen molar-refractivity contribution in [3.63, 3.8) is 0 Å².